The summed E-state index contributed by atoms with van der Waals surface area (Å²) < 4.78 is 7.01. The molecule has 2 aromatic heterocycles. The molecule has 0 unspecified atom stereocenters. The molecule has 1 aromatic carbocycles. The van der Waals surface area contributed by atoms with Crippen LogP contribution in [0.4, 0.5) is 5.69 Å². The zero-order chi connectivity index (χ0) is 17.3. The molecule has 0 saturated carbocycles. The second kappa shape index (κ2) is 6.07. The van der Waals surface area contributed by atoms with E-state index < -0.39 is 4.92 Å². The number of aromatic nitrogens is 4. The molecule has 0 aliphatic rings. The predicted molar refractivity (Wildman–Crippen MR) is 86.5 cm³/mol. The average Bonchev–Trinajstić information content (AvgIpc) is 2.87. The van der Waals surface area contributed by atoms with Crippen molar-refractivity contribution in [2.24, 2.45) is 0 Å². The van der Waals surface area contributed by atoms with Crippen LogP contribution in [0.15, 0.2) is 36.7 Å². The normalized spacial score (nSPS) is 10.6. The van der Waals surface area contributed by atoms with Gasteiger partial charge in [-0.2, -0.15) is 10.1 Å². The summed E-state index contributed by atoms with van der Waals surface area (Å²) in [6, 6.07) is 8.97. The smallest absolute Gasteiger partial charge is 0.375 e. The van der Waals surface area contributed by atoms with Crippen molar-refractivity contribution in [3.8, 4) is 17.4 Å². The molecule has 122 valence electrons. The van der Waals surface area contributed by atoms with Crippen LogP contribution in [0.5, 0.6) is 11.6 Å². The van der Waals surface area contributed by atoms with Gasteiger partial charge in [0.15, 0.2) is 0 Å². The van der Waals surface area contributed by atoms with Crippen LogP contribution >= 0.6 is 0 Å². The molecule has 3 aromatic rings. The molecule has 8 nitrogen and oxygen atoms in total. The second-order valence-corrected chi connectivity index (χ2v) is 5.36. The summed E-state index contributed by atoms with van der Waals surface area (Å²) in [5.41, 5.74) is 2.20. The van der Waals surface area contributed by atoms with E-state index in [-0.39, 0.29) is 17.4 Å². The van der Waals surface area contributed by atoms with Gasteiger partial charge in [-0.3, -0.25) is 10.1 Å². The van der Waals surface area contributed by atoms with Crippen LogP contribution in [0.1, 0.15) is 17.0 Å². The molecule has 0 atom stereocenters. The third kappa shape index (κ3) is 2.94. The summed E-state index contributed by atoms with van der Waals surface area (Å²) >= 11 is 0. The Morgan fingerprint density at radius 1 is 1.12 bits per heavy atom. The third-order valence-corrected chi connectivity index (χ3v) is 3.40. The van der Waals surface area contributed by atoms with Crippen LogP contribution in [-0.4, -0.2) is 24.7 Å². The minimum absolute atomic E-state index is 0.0720. The van der Waals surface area contributed by atoms with Gasteiger partial charge in [0.05, 0.1) is 10.6 Å². The fraction of sp³-hybridized carbons (Fsp3) is 0.188. The first-order valence-corrected chi connectivity index (χ1v) is 7.23. The van der Waals surface area contributed by atoms with Gasteiger partial charge in [-0.05, 0) is 39.0 Å². The fourth-order valence-corrected chi connectivity index (χ4v) is 2.30. The Hall–Kier alpha value is -3.29. The molecular weight excluding hydrogens is 310 g/mol. The quantitative estimate of drug-likeness (QED) is 0.539. The Kier molecular flexibility index (Phi) is 3.95. The molecule has 0 radical (unpaired) electrons. The van der Waals surface area contributed by atoms with Gasteiger partial charge in [-0.1, -0.05) is 17.7 Å². The van der Waals surface area contributed by atoms with Crippen LogP contribution < -0.4 is 4.74 Å². The highest BCUT2D eigenvalue weighted by atomic mass is 16.6. The molecule has 0 bridgehead atoms. The summed E-state index contributed by atoms with van der Waals surface area (Å²) in [7, 11) is 0. The van der Waals surface area contributed by atoms with E-state index in [2.05, 4.69) is 15.1 Å². The lowest BCUT2D eigenvalue weighted by atomic mass is 10.2. The fourth-order valence-electron chi connectivity index (χ4n) is 2.30. The van der Waals surface area contributed by atoms with Crippen molar-refractivity contribution in [1.29, 1.82) is 0 Å². The molecule has 2 heterocycles. The van der Waals surface area contributed by atoms with Crippen LogP contribution in [0, 0.1) is 30.9 Å². The number of hydrogen-bond donors (Lipinski definition) is 0. The molecular formula is C16H15N5O3. The van der Waals surface area contributed by atoms with Crippen molar-refractivity contribution < 1.29 is 9.66 Å². The third-order valence-electron chi connectivity index (χ3n) is 3.40. The molecule has 0 fully saturated rings. The van der Waals surface area contributed by atoms with E-state index in [1.54, 1.807) is 26.0 Å². The molecule has 0 aliphatic heterocycles. The van der Waals surface area contributed by atoms with Gasteiger partial charge in [0.25, 0.3) is 0 Å². The Morgan fingerprint density at radius 3 is 2.42 bits per heavy atom. The highest BCUT2D eigenvalue weighted by Crippen LogP contribution is 2.33. The molecule has 0 spiro atoms. The van der Waals surface area contributed by atoms with Crippen molar-refractivity contribution in [3.05, 3.63) is 63.7 Å². The monoisotopic (exact) mass is 325 g/mol. The van der Waals surface area contributed by atoms with Crippen LogP contribution in [0.3, 0.4) is 0 Å². The summed E-state index contributed by atoms with van der Waals surface area (Å²) in [5.74, 6) is 0.408. The minimum atomic E-state index is -0.560. The molecule has 0 amide bonds. The van der Waals surface area contributed by atoms with E-state index >= 15 is 0 Å². The van der Waals surface area contributed by atoms with Gasteiger partial charge in [-0.25, -0.2) is 9.67 Å². The van der Waals surface area contributed by atoms with E-state index in [9.17, 15) is 10.1 Å². The molecule has 0 N–H and O–H groups in total. The lowest BCUT2D eigenvalue weighted by molar-refractivity contribution is -0.386. The van der Waals surface area contributed by atoms with Gasteiger partial charge in [0.1, 0.15) is 12.1 Å². The van der Waals surface area contributed by atoms with Crippen molar-refractivity contribution in [1.82, 2.24) is 19.7 Å². The standard InChI is InChI=1S/C16H15N5O3/c1-10-4-6-13(7-5-10)24-16-14(21(22)23)15(17-9-18-16)20-12(3)8-11(2)19-20/h4-9H,1-3H3. The van der Waals surface area contributed by atoms with E-state index in [1.165, 1.54) is 11.0 Å². The summed E-state index contributed by atoms with van der Waals surface area (Å²) in [6.45, 7) is 5.55. The van der Waals surface area contributed by atoms with Crippen LogP contribution in [0.2, 0.25) is 0 Å². The second-order valence-electron chi connectivity index (χ2n) is 5.36. The van der Waals surface area contributed by atoms with E-state index in [0.717, 1.165) is 17.0 Å². The van der Waals surface area contributed by atoms with Gasteiger partial charge >= 0.3 is 11.6 Å². The number of benzene rings is 1. The first kappa shape index (κ1) is 15.6. The number of nitro groups is 1. The summed E-state index contributed by atoms with van der Waals surface area (Å²) in [4.78, 5) is 19.0. The Morgan fingerprint density at radius 2 is 1.83 bits per heavy atom. The Bertz CT molecular complexity index is 903. The first-order chi connectivity index (χ1) is 11.5. The maximum atomic E-state index is 11.6. The Labute approximate surface area is 137 Å². The number of hydrogen-bond acceptors (Lipinski definition) is 6. The SMILES string of the molecule is Cc1ccc(Oc2ncnc(-n3nc(C)cc3C)c2[N+](=O)[O-])cc1. The lowest BCUT2D eigenvalue weighted by Gasteiger charge is -2.08. The van der Waals surface area contributed by atoms with E-state index in [0.29, 0.717) is 5.75 Å². The molecule has 0 aliphatic carbocycles. The number of nitrogens with zero attached hydrogens (tertiary/aromatic N) is 5. The highest BCUT2D eigenvalue weighted by Gasteiger charge is 2.27. The van der Waals surface area contributed by atoms with E-state index in [1.807, 2.05) is 25.1 Å². The number of ether oxygens (including phenoxy) is 1. The van der Waals surface area contributed by atoms with Gasteiger partial charge in [0.2, 0.25) is 5.82 Å². The maximum Gasteiger partial charge on any atom is 0.375 e. The zero-order valence-corrected chi connectivity index (χ0v) is 13.4. The van der Waals surface area contributed by atoms with Crippen molar-refractivity contribution >= 4 is 5.69 Å². The van der Waals surface area contributed by atoms with Gasteiger partial charge < -0.3 is 4.74 Å². The maximum absolute atomic E-state index is 11.6. The topological polar surface area (TPSA) is 96.0 Å². The largest absolute Gasteiger partial charge is 0.434 e. The first-order valence-electron chi connectivity index (χ1n) is 7.23. The number of aryl methyl sites for hydroxylation is 3. The van der Waals surface area contributed by atoms with E-state index in [4.69, 9.17) is 4.74 Å². The molecule has 3 rings (SSSR count). The van der Waals surface area contributed by atoms with Crippen molar-refractivity contribution in [2.75, 3.05) is 0 Å². The zero-order valence-electron chi connectivity index (χ0n) is 13.4. The van der Waals surface area contributed by atoms with Gasteiger partial charge in [0, 0.05) is 5.69 Å². The van der Waals surface area contributed by atoms with Crippen LogP contribution in [-0.2, 0) is 0 Å². The predicted octanol–water partition coefficient (Wildman–Crippen LogP) is 3.29. The summed E-state index contributed by atoms with van der Waals surface area (Å²) in [6.07, 6.45) is 1.22. The summed E-state index contributed by atoms with van der Waals surface area (Å²) in [5, 5.41) is 15.8. The highest BCUT2D eigenvalue weighted by molar-refractivity contribution is 5.55. The number of rotatable bonds is 4. The minimum Gasteiger partial charge on any atom is -0.434 e. The Balaban J connectivity index is 2.10. The molecule has 24 heavy (non-hydrogen) atoms. The van der Waals surface area contributed by atoms with Crippen molar-refractivity contribution in [3.63, 3.8) is 0 Å². The van der Waals surface area contributed by atoms with Crippen LogP contribution in [0.25, 0.3) is 5.82 Å². The molecule has 0 saturated heterocycles. The average molecular weight is 325 g/mol. The lowest BCUT2D eigenvalue weighted by Crippen LogP contribution is -2.08. The van der Waals surface area contributed by atoms with Crippen molar-refractivity contribution in [2.45, 2.75) is 20.8 Å². The molecule has 8 heteroatoms. The van der Waals surface area contributed by atoms with Gasteiger partial charge in [-0.15, -0.1) is 0 Å².